The van der Waals surface area contributed by atoms with Crippen molar-refractivity contribution in [2.75, 3.05) is 30.0 Å². The summed E-state index contributed by atoms with van der Waals surface area (Å²) in [5.74, 6) is 0.513. The van der Waals surface area contributed by atoms with Crippen molar-refractivity contribution in [3.05, 3.63) is 42.6 Å². The van der Waals surface area contributed by atoms with Crippen LogP contribution in [0.3, 0.4) is 0 Å². The van der Waals surface area contributed by atoms with Gasteiger partial charge in [-0.3, -0.25) is 0 Å². The summed E-state index contributed by atoms with van der Waals surface area (Å²) in [7, 11) is 4.03. The van der Waals surface area contributed by atoms with Gasteiger partial charge in [-0.1, -0.05) is 6.07 Å². The highest BCUT2D eigenvalue weighted by atomic mass is 15.1. The van der Waals surface area contributed by atoms with Gasteiger partial charge in [0, 0.05) is 43.4 Å². The van der Waals surface area contributed by atoms with E-state index in [1.165, 1.54) is 0 Å². The average Bonchev–Trinajstić information content (AvgIpc) is 2.29. The van der Waals surface area contributed by atoms with E-state index in [4.69, 9.17) is 5.73 Å². The Morgan fingerprint density at radius 3 is 2.59 bits per heavy atom. The van der Waals surface area contributed by atoms with Crippen molar-refractivity contribution in [1.82, 2.24) is 4.98 Å². The summed E-state index contributed by atoms with van der Waals surface area (Å²) >= 11 is 0. The van der Waals surface area contributed by atoms with E-state index >= 15 is 0 Å². The largest absolute Gasteiger partial charge is 0.384 e. The molecule has 0 aliphatic heterocycles. The standard InChI is InChI=1S/C13H16N4/c1-17(2)12-5-3-4-10(8-12)16-11-6-7-15-13(14)9-11/h3-9H,1-2H3,(H3,14,15,16). The number of nitrogens with one attached hydrogen (secondary N) is 1. The highest BCUT2D eigenvalue weighted by Gasteiger charge is 1.99. The molecule has 2 rings (SSSR count). The van der Waals surface area contributed by atoms with Crippen LogP contribution < -0.4 is 16.0 Å². The van der Waals surface area contributed by atoms with Crippen molar-refractivity contribution in [3.63, 3.8) is 0 Å². The number of pyridine rings is 1. The van der Waals surface area contributed by atoms with Gasteiger partial charge in [0.15, 0.2) is 0 Å². The Labute approximate surface area is 101 Å². The van der Waals surface area contributed by atoms with Gasteiger partial charge in [0.25, 0.3) is 0 Å². The number of aromatic nitrogens is 1. The summed E-state index contributed by atoms with van der Waals surface area (Å²) in [5.41, 5.74) is 8.75. The molecule has 3 N–H and O–H groups in total. The molecule has 0 aliphatic rings. The van der Waals surface area contributed by atoms with E-state index in [2.05, 4.69) is 27.3 Å². The van der Waals surface area contributed by atoms with E-state index in [0.29, 0.717) is 5.82 Å². The van der Waals surface area contributed by atoms with Crippen molar-refractivity contribution in [3.8, 4) is 0 Å². The Hall–Kier alpha value is -2.23. The van der Waals surface area contributed by atoms with E-state index < -0.39 is 0 Å². The summed E-state index contributed by atoms with van der Waals surface area (Å²) in [4.78, 5) is 6.02. The molecular weight excluding hydrogens is 212 g/mol. The Bertz CT molecular complexity index is 508. The fraction of sp³-hybridized carbons (Fsp3) is 0.154. The lowest BCUT2D eigenvalue weighted by Crippen LogP contribution is -2.08. The van der Waals surface area contributed by atoms with Crippen LogP contribution in [0.15, 0.2) is 42.6 Å². The van der Waals surface area contributed by atoms with Crippen LogP contribution >= 0.6 is 0 Å². The maximum absolute atomic E-state index is 5.63. The predicted molar refractivity (Wildman–Crippen MR) is 72.7 cm³/mol. The zero-order valence-corrected chi connectivity index (χ0v) is 10.0. The predicted octanol–water partition coefficient (Wildman–Crippen LogP) is 2.47. The van der Waals surface area contributed by atoms with Crippen molar-refractivity contribution in [2.45, 2.75) is 0 Å². The summed E-state index contributed by atoms with van der Waals surface area (Å²) in [5, 5.41) is 3.29. The van der Waals surface area contributed by atoms with E-state index in [1.54, 1.807) is 6.20 Å². The second-order valence-corrected chi connectivity index (χ2v) is 4.04. The molecule has 2 aromatic rings. The normalized spacial score (nSPS) is 10.0. The molecule has 0 amide bonds. The van der Waals surface area contributed by atoms with Crippen LogP contribution in [0, 0.1) is 0 Å². The van der Waals surface area contributed by atoms with Crippen LogP contribution in [0.2, 0.25) is 0 Å². The second kappa shape index (κ2) is 4.74. The fourth-order valence-electron chi connectivity index (χ4n) is 1.55. The smallest absolute Gasteiger partial charge is 0.125 e. The molecule has 4 nitrogen and oxygen atoms in total. The summed E-state index contributed by atoms with van der Waals surface area (Å²) in [6, 6.07) is 11.9. The lowest BCUT2D eigenvalue weighted by molar-refractivity contribution is 1.13. The third-order valence-electron chi connectivity index (χ3n) is 2.43. The molecule has 0 saturated heterocycles. The third kappa shape index (κ3) is 2.87. The molecule has 88 valence electrons. The third-order valence-corrected chi connectivity index (χ3v) is 2.43. The first-order valence-electron chi connectivity index (χ1n) is 5.41. The first-order chi connectivity index (χ1) is 8.15. The molecule has 4 heteroatoms. The Kier molecular flexibility index (Phi) is 3.14. The molecule has 17 heavy (non-hydrogen) atoms. The Balaban J connectivity index is 2.21. The molecule has 0 fully saturated rings. The van der Waals surface area contributed by atoms with Gasteiger partial charge in [-0.05, 0) is 24.3 Å². The van der Waals surface area contributed by atoms with E-state index in [-0.39, 0.29) is 0 Å². The molecule has 0 bridgehead atoms. The molecule has 0 spiro atoms. The zero-order chi connectivity index (χ0) is 12.3. The molecule has 0 aliphatic carbocycles. The van der Waals surface area contributed by atoms with Crippen LogP contribution in [-0.4, -0.2) is 19.1 Å². The number of nitrogens with zero attached hydrogens (tertiary/aromatic N) is 2. The second-order valence-electron chi connectivity index (χ2n) is 4.04. The van der Waals surface area contributed by atoms with Crippen LogP contribution in [0.4, 0.5) is 22.9 Å². The fourth-order valence-corrected chi connectivity index (χ4v) is 1.55. The van der Waals surface area contributed by atoms with E-state index in [0.717, 1.165) is 17.1 Å². The summed E-state index contributed by atoms with van der Waals surface area (Å²) in [6.07, 6.45) is 1.69. The van der Waals surface area contributed by atoms with Gasteiger partial charge in [0.1, 0.15) is 5.82 Å². The molecule has 1 heterocycles. The van der Waals surface area contributed by atoms with Crippen LogP contribution in [0.1, 0.15) is 0 Å². The SMILES string of the molecule is CN(C)c1cccc(Nc2ccnc(N)c2)c1. The van der Waals surface area contributed by atoms with Crippen molar-refractivity contribution >= 4 is 22.9 Å². The minimum absolute atomic E-state index is 0.513. The first kappa shape index (κ1) is 11.3. The molecule has 0 radical (unpaired) electrons. The number of hydrogen-bond donors (Lipinski definition) is 2. The average molecular weight is 228 g/mol. The van der Waals surface area contributed by atoms with Crippen LogP contribution in [0.5, 0.6) is 0 Å². The molecule has 1 aromatic heterocycles. The number of benzene rings is 1. The van der Waals surface area contributed by atoms with E-state index in [9.17, 15) is 0 Å². The van der Waals surface area contributed by atoms with Gasteiger partial charge in [-0.25, -0.2) is 4.98 Å². The molecular formula is C13H16N4. The van der Waals surface area contributed by atoms with Gasteiger partial charge < -0.3 is 16.0 Å². The van der Waals surface area contributed by atoms with Crippen molar-refractivity contribution in [2.24, 2.45) is 0 Å². The maximum atomic E-state index is 5.63. The lowest BCUT2D eigenvalue weighted by atomic mass is 10.2. The van der Waals surface area contributed by atoms with Gasteiger partial charge >= 0.3 is 0 Å². The van der Waals surface area contributed by atoms with Gasteiger partial charge in [0.05, 0.1) is 0 Å². The number of nitrogens with two attached hydrogens (primary N) is 1. The molecule has 0 unspecified atom stereocenters. The maximum Gasteiger partial charge on any atom is 0.125 e. The quantitative estimate of drug-likeness (QED) is 0.847. The lowest BCUT2D eigenvalue weighted by Gasteiger charge is -2.14. The Morgan fingerprint density at radius 1 is 1.12 bits per heavy atom. The highest BCUT2D eigenvalue weighted by Crippen LogP contribution is 2.21. The summed E-state index contributed by atoms with van der Waals surface area (Å²) < 4.78 is 0. The topological polar surface area (TPSA) is 54.2 Å². The summed E-state index contributed by atoms with van der Waals surface area (Å²) in [6.45, 7) is 0. The number of nitrogen functional groups attached to an aromatic ring is 1. The molecule has 0 atom stereocenters. The molecule has 0 saturated carbocycles. The minimum Gasteiger partial charge on any atom is -0.384 e. The van der Waals surface area contributed by atoms with Crippen molar-refractivity contribution < 1.29 is 0 Å². The first-order valence-corrected chi connectivity index (χ1v) is 5.41. The van der Waals surface area contributed by atoms with Crippen molar-refractivity contribution in [1.29, 1.82) is 0 Å². The van der Waals surface area contributed by atoms with Crippen LogP contribution in [-0.2, 0) is 0 Å². The van der Waals surface area contributed by atoms with Crippen LogP contribution in [0.25, 0.3) is 0 Å². The van der Waals surface area contributed by atoms with E-state index in [1.807, 2.05) is 38.4 Å². The number of hydrogen-bond acceptors (Lipinski definition) is 4. The van der Waals surface area contributed by atoms with Gasteiger partial charge in [0.2, 0.25) is 0 Å². The number of rotatable bonds is 3. The van der Waals surface area contributed by atoms with Gasteiger partial charge in [-0.15, -0.1) is 0 Å². The Morgan fingerprint density at radius 2 is 1.88 bits per heavy atom. The highest BCUT2D eigenvalue weighted by molar-refractivity contribution is 5.66. The number of anilines is 4. The minimum atomic E-state index is 0.513. The molecule has 1 aromatic carbocycles. The monoisotopic (exact) mass is 228 g/mol. The zero-order valence-electron chi connectivity index (χ0n) is 10.0. The van der Waals surface area contributed by atoms with Gasteiger partial charge in [-0.2, -0.15) is 0 Å².